The lowest BCUT2D eigenvalue weighted by Crippen LogP contribution is -2.49. The first-order valence-corrected chi connectivity index (χ1v) is 9.64. The van der Waals surface area contributed by atoms with Crippen molar-refractivity contribution in [2.75, 3.05) is 45.0 Å². The zero-order chi connectivity index (χ0) is 20.4. The molecule has 0 bridgehead atoms. The van der Waals surface area contributed by atoms with E-state index in [0.29, 0.717) is 55.5 Å². The molecule has 1 atom stereocenters. The van der Waals surface area contributed by atoms with Gasteiger partial charge in [0.15, 0.2) is 11.4 Å². The van der Waals surface area contributed by atoms with Crippen LogP contribution in [0.5, 0.6) is 5.75 Å². The molecule has 1 saturated heterocycles. The monoisotopic (exact) mass is 396 g/mol. The molecular formula is C22H24N2O5. The number of nitrogens with zero attached hydrogens (tertiary/aromatic N) is 2. The van der Waals surface area contributed by atoms with Crippen molar-refractivity contribution < 1.29 is 24.2 Å². The molecule has 0 aliphatic carbocycles. The SMILES string of the molecule is COc1cccc(C(=O)C[C@@]2(O)C(=O)N(CN3CCOCC3)c3ccccc32)c1. The summed E-state index contributed by atoms with van der Waals surface area (Å²) < 4.78 is 10.5. The highest BCUT2D eigenvalue weighted by molar-refractivity contribution is 6.10. The van der Waals surface area contributed by atoms with E-state index in [1.165, 1.54) is 7.11 Å². The normalized spacial score (nSPS) is 21.9. The molecule has 0 radical (unpaired) electrons. The van der Waals surface area contributed by atoms with E-state index in [4.69, 9.17) is 9.47 Å². The van der Waals surface area contributed by atoms with Crippen molar-refractivity contribution in [3.05, 3.63) is 59.7 Å². The summed E-state index contributed by atoms with van der Waals surface area (Å²) in [4.78, 5) is 29.9. The summed E-state index contributed by atoms with van der Waals surface area (Å²) in [6.07, 6.45) is -0.324. The summed E-state index contributed by atoms with van der Waals surface area (Å²) >= 11 is 0. The molecule has 0 spiro atoms. The number of hydrogen-bond donors (Lipinski definition) is 1. The number of ketones is 1. The van der Waals surface area contributed by atoms with Gasteiger partial charge in [0.05, 0.1) is 39.1 Å². The second kappa shape index (κ2) is 7.94. The molecule has 2 heterocycles. The first-order valence-electron chi connectivity index (χ1n) is 9.64. The van der Waals surface area contributed by atoms with E-state index in [1.54, 1.807) is 41.3 Å². The van der Waals surface area contributed by atoms with Gasteiger partial charge in [0, 0.05) is 24.2 Å². The molecule has 7 nitrogen and oxygen atoms in total. The van der Waals surface area contributed by atoms with Gasteiger partial charge in [0.1, 0.15) is 5.75 Å². The van der Waals surface area contributed by atoms with Crippen molar-refractivity contribution in [3.8, 4) is 5.75 Å². The van der Waals surface area contributed by atoms with E-state index in [-0.39, 0.29) is 12.2 Å². The number of morpholine rings is 1. The Kier molecular flexibility index (Phi) is 5.36. The highest BCUT2D eigenvalue weighted by Gasteiger charge is 2.51. The van der Waals surface area contributed by atoms with Crippen LogP contribution in [-0.2, 0) is 15.1 Å². The van der Waals surface area contributed by atoms with E-state index < -0.39 is 11.5 Å². The Balaban J connectivity index is 1.61. The van der Waals surface area contributed by atoms with Crippen molar-refractivity contribution in [1.82, 2.24) is 4.90 Å². The van der Waals surface area contributed by atoms with Gasteiger partial charge in [-0.15, -0.1) is 0 Å². The van der Waals surface area contributed by atoms with E-state index in [1.807, 2.05) is 12.1 Å². The number of hydrogen-bond acceptors (Lipinski definition) is 6. The van der Waals surface area contributed by atoms with Gasteiger partial charge < -0.3 is 14.6 Å². The van der Waals surface area contributed by atoms with Crippen molar-refractivity contribution >= 4 is 17.4 Å². The third-order valence-corrected chi connectivity index (χ3v) is 5.49. The molecular weight excluding hydrogens is 372 g/mol. The molecule has 0 unspecified atom stereocenters. The zero-order valence-corrected chi connectivity index (χ0v) is 16.3. The number of benzene rings is 2. The minimum atomic E-state index is -1.89. The number of para-hydroxylation sites is 1. The lowest BCUT2D eigenvalue weighted by molar-refractivity contribution is -0.136. The average Bonchev–Trinajstić information content (AvgIpc) is 2.96. The minimum absolute atomic E-state index is 0.317. The Morgan fingerprint density at radius 2 is 1.93 bits per heavy atom. The Morgan fingerprint density at radius 3 is 2.69 bits per heavy atom. The van der Waals surface area contributed by atoms with Crippen LogP contribution in [0.2, 0.25) is 0 Å². The summed E-state index contributed by atoms with van der Waals surface area (Å²) in [7, 11) is 1.53. The van der Waals surface area contributed by atoms with Gasteiger partial charge in [-0.05, 0) is 18.2 Å². The predicted octanol–water partition coefficient (Wildman–Crippen LogP) is 1.79. The van der Waals surface area contributed by atoms with Crippen LogP contribution in [0.4, 0.5) is 5.69 Å². The Hall–Kier alpha value is -2.74. The van der Waals surface area contributed by atoms with Crippen LogP contribution in [0, 0.1) is 0 Å². The largest absolute Gasteiger partial charge is 0.497 e. The van der Waals surface area contributed by atoms with Crippen LogP contribution in [0.15, 0.2) is 48.5 Å². The Labute approximate surface area is 169 Å². The molecule has 1 N–H and O–H groups in total. The smallest absolute Gasteiger partial charge is 0.265 e. The number of amides is 1. The second-order valence-electron chi connectivity index (χ2n) is 7.31. The summed E-state index contributed by atoms with van der Waals surface area (Å²) in [6, 6.07) is 13.8. The number of carbonyl (C=O) groups excluding carboxylic acids is 2. The van der Waals surface area contributed by atoms with Gasteiger partial charge in [0.25, 0.3) is 5.91 Å². The molecule has 7 heteroatoms. The molecule has 29 heavy (non-hydrogen) atoms. The van der Waals surface area contributed by atoms with Crippen molar-refractivity contribution in [2.45, 2.75) is 12.0 Å². The van der Waals surface area contributed by atoms with E-state index in [9.17, 15) is 14.7 Å². The number of carbonyl (C=O) groups is 2. The number of rotatable bonds is 6. The fraction of sp³-hybridized carbons (Fsp3) is 0.364. The van der Waals surface area contributed by atoms with Gasteiger partial charge in [-0.1, -0.05) is 30.3 Å². The van der Waals surface area contributed by atoms with Crippen molar-refractivity contribution in [3.63, 3.8) is 0 Å². The molecule has 1 amide bonds. The third kappa shape index (κ3) is 3.64. The molecule has 0 aromatic heterocycles. The minimum Gasteiger partial charge on any atom is -0.497 e. The van der Waals surface area contributed by atoms with Gasteiger partial charge in [0.2, 0.25) is 0 Å². The maximum atomic E-state index is 13.3. The number of ether oxygens (including phenoxy) is 2. The first-order chi connectivity index (χ1) is 14.0. The number of Topliss-reactive ketones (excluding diaryl/α,β-unsaturated/α-hetero) is 1. The summed E-state index contributed by atoms with van der Waals surface area (Å²) in [6.45, 7) is 3.01. The second-order valence-corrected chi connectivity index (χ2v) is 7.31. The van der Waals surface area contributed by atoms with Crippen LogP contribution in [-0.4, -0.2) is 61.8 Å². The number of methoxy groups -OCH3 is 1. The van der Waals surface area contributed by atoms with Crippen LogP contribution >= 0.6 is 0 Å². The predicted molar refractivity (Wildman–Crippen MR) is 107 cm³/mol. The fourth-order valence-electron chi connectivity index (χ4n) is 3.89. The van der Waals surface area contributed by atoms with Crippen molar-refractivity contribution in [1.29, 1.82) is 0 Å². The van der Waals surface area contributed by atoms with Crippen LogP contribution in [0.3, 0.4) is 0 Å². The standard InChI is InChI=1S/C22H24N2O5/c1-28-17-6-4-5-16(13-17)20(25)14-22(27)18-7-2-3-8-19(18)24(21(22)26)15-23-9-11-29-12-10-23/h2-8,13,27H,9-12,14-15H2,1H3/t22-/m0/s1. The molecule has 2 aliphatic rings. The van der Waals surface area contributed by atoms with E-state index >= 15 is 0 Å². The number of aliphatic hydroxyl groups is 1. The van der Waals surface area contributed by atoms with Gasteiger partial charge in [-0.2, -0.15) is 0 Å². The van der Waals surface area contributed by atoms with Crippen LogP contribution < -0.4 is 9.64 Å². The molecule has 4 rings (SSSR count). The fourth-order valence-corrected chi connectivity index (χ4v) is 3.89. The molecule has 152 valence electrons. The highest BCUT2D eigenvalue weighted by atomic mass is 16.5. The quantitative estimate of drug-likeness (QED) is 0.750. The average molecular weight is 396 g/mol. The highest BCUT2D eigenvalue weighted by Crippen LogP contribution is 2.43. The summed E-state index contributed by atoms with van der Waals surface area (Å²) in [5, 5.41) is 11.4. The molecule has 1 fully saturated rings. The maximum Gasteiger partial charge on any atom is 0.265 e. The number of anilines is 1. The van der Waals surface area contributed by atoms with E-state index in [2.05, 4.69) is 4.90 Å². The van der Waals surface area contributed by atoms with Crippen LogP contribution in [0.25, 0.3) is 0 Å². The van der Waals surface area contributed by atoms with E-state index in [0.717, 1.165) is 0 Å². The van der Waals surface area contributed by atoms with Gasteiger partial charge in [-0.3, -0.25) is 19.4 Å². The Bertz CT molecular complexity index is 925. The Morgan fingerprint density at radius 1 is 1.17 bits per heavy atom. The third-order valence-electron chi connectivity index (χ3n) is 5.49. The molecule has 2 aromatic rings. The maximum absolute atomic E-state index is 13.3. The number of fused-ring (bicyclic) bond motifs is 1. The lowest BCUT2D eigenvalue weighted by Gasteiger charge is -2.31. The topological polar surface area (TPSA) is 79.3 Å². The molecule has 0 saturated carbocycles. The van der Waals surface area contributed by atoms with Gasteiger partial charge in [-0.25, -0.2) is 0 Å². The molecule has 2 aliphatic heterocycles. The lowest BCUT2D eigenvalue weighted by atomic mass is 9.88. The van der Waals surface area contributed by atoms with Crippen LogP contribution in [0.1, 0.15) is 22.3 Å². The summed E-state index contributed by atoms with van der Waals surface area (Å²) in [5.74, 6) is -0.237. The van der Waals surface area contributed by atoms with Gasteiger partial charge >= 0.3 is 0 Å². The van der Waals surface area contributed by atoms with Crippen molar-refractivity contribution in [2.24, 2.45) is 0 Å². The first kappa shape index (κ1) is 19.6. The molecule has 2 aromatic carbocycles. The summed E-state index contributed by atoms with van der Waals surface area (Å²) in [5.41, 5.74) is -0.377. The zero-order valence-electron chi connectivity index (χ0n) is 16.3.